The number of hydrogen-bond donors (Lipinski definition) is 1. The Morgan fingerprint density at radius 3 is 2.48 bits per heavy atom. The third kappa shape index (κ3) is 4.13. The SMILES string of the molecule is COc1cccc(CN)c1OCCOc1cccc(C)c1. The summed E-state index contributed by atoms with van der Waals surface area (Å²) in [5, 5.41) is 0. The second-order valence-corrected chi connectivity index (χ2v) is 4.67. The van der Waals surface area contributed by atoms with Crippen molar-refractivity contribution in [3.05, 3.63) is 53.6 Å². The van der Waals surface area contributed by atoms with E-state index in [0.29, 0.717) is 31.3 Å². The molecule has 0 spiro atoms. The minimum Gasteiger partial charge on any atom is -0.493 e. The molecule has 0 aliphatic carbocycles. The Morgan fingerprint density at radius 2 is 1.76 bits per heavy atom. The maximum atomic E-state index is 5.77. The van der Waals surface area contributed by atoms with Gasteiger partial charge in [0.2, 0.25) is 0 Å². The molecule has 0 aliphatic rings. The van der Waals surface area contributed by atoms with Gasteiger partial charge in [0.05, 0.1) is 7.11 Å². The molecule has 0 saturated carbocycles. The third-order valence-electron chi connectivity index (χ3n) is 3.09. The quantitative estimate of drug-likeness (QED) is 0.796. The van der Waals surface area contributed by atoms with Gasteiger partial charge < -0.3 is 19.9 Å². The van der Waals surface area contributed by atoms with E-state index in [1.165, 1.54) is 5.56 Å². The Labute approximate surface area is 125 Å². The molecule has 4 heteroatoms. The Bertz CT molecular complexity index is 562. The number of ether oxygens (including phenoxy) is 3. The van der Waals surface area contributed by atoms with Crippen molar-refractivity contribution >= 4 is 0 Å². The van der Waals surface area contributed by atoms with Crippen LogP contribution >= 0.6 is 0 Å². The minimum absolute atomic E-state index is 0.408. The molecule has 4 nitrogen and oxygen atoms in total. The molecule has 0 amide bonds. The summed E-state index contributed by atoms with van der Waals surface area (Å²) in [5.41, 5.74) is 7.81. The molecule has 0 fully saturated rings. The second kappa shape index (κ2) is 7.55. The van der Waals surface area contributed by atoms with Gasteiger partial charge in [-0.05, 0) is 30.7 Å². The van der Waals surface area contributed by atoms with Crippen LogP contribution in [0.1, 0.15) is 11.1 Å². The maximum Gasteiger partial charge on any atom is 0.165 e. The van der Waals surface area contributed by atoms with Gasteiger partial charge in [0.25, 0.3) is 0 Å². The molecule has 0 radical (unpaired) electrons. The van der Waals surface area contributed by atoms with Crippen LogP contribution in [-0.4, -0.2) is 20.3 Å². The molecule has 0 aliphatic heterocycles. The fraction of sp³-hybridized carbons (Fsp3) is 0.294. The summed E-state index contributed by atoms with van der Waals surface area (Å²) >= 11 is 0. The molecule has 2 rings (SSSR count). The smallest absolute Gasteiger partial charge is 0.165 e. The van der Waals surface area contributed by atoms with Crippen molar-refractivity contribution in [2.24, 2.45) is 5.73 Å². The highest BCUT2D eigenvalue weighted by Gasteiger charge is 2.09. The van der Waals surface area contributed by atoms with Crippen LogP contribution in [0.3, 0.4) is 0 Å². The van der Waals surface area contributed by atoms with Crippen molar-refractivity contribution in [1.82, 2.24) is 0 Å². The summed E-state index contributed by atoms with van der Waals surface area (Å²) in [4.78, 5) is 0. The molecule has 0 bridgehead atoms. The van der Waals surface area contributed by atoms with Gasteiger partial charge in [-0.15, -0.1) is 0 Å². The molecule has 2 aromatic rings. The highest BCUT2D eigenvalue weighted by Crippen LogP contribution is 2.30. The predicted molar refractivity (Wildman–Crippen MR) is 83.1 cm³/mol. The summed E-state index contributed by atoms with van der Waals surface area (Å²) in [6, 6.07) is 13.6. The standard InChI is InChI=1S/C17H21NO3/c1-13-5-3-7-15(11-13)20-9-10-21-17-14(12-18)6-4-8-16(17)19-2/h3-8,11H,9-10,12,18H2,1-2H3. The fourth-order valence-electron chi connectivity index (χ4n) is 2.05. The van der Waals surface area contributed by atoms with Gasteiger partial charge in [-0.1, -0.05) is 24.3 Å². The highest BCUT2D eigenvalue weighted by atomic mass is 16.5. The molecule has 0 heterocycles. The molecule has 112 valence electrons. The molecule has 0 atom stereocenters. The minimum atomic E-state index is 0.408. The zero-order chi connectivity index (χ0) is 15.1. The lowest BCUT2D eigenvalue weighted by molar-refractivity contribution is 0.210. The van der Waals surface area contributed by atoms with Crippen molar-refractivity contribution in [2.75, 3.05) is 20.3 Å². The van der Waals surface area contributed by atoms with Crippen LogP contribution in [0, 0.1) is 6.92 Å². The van der Waals surface area contributed by atoms with E-state index in [0.717, 1.165) is 11.3 Å². The van der Waals surface area contributed by atoms with E-state index in [4.69, 9.17) is 19.9 Å². The van der Waals surface area contributed by atoms with E-state index in [1.807, 2.05) is 49.4 Å². The number of para-hydroxylation sites is 1. The van der Waals surface area contributed by atoms with Crippen molar-refractivity contribution in [3.8, 4) is 17.2 Å². The highest BCUT2D eigenvalue weighted by molar-refractivity contribution is 5.46. The lowest BCUT2D eigenvalue weighted by Gasteiger charge is -2.14. The van der Waals surface area contributed by atoms with E-state index in [1.54, 1.807) is 7.11 Å². The predicted octanol–water partition coefficient (Wildman–Crippen LogP) is 2.92. The van der Waals surface area contributed by atoms with Gasteiger partial charge in [0.1, 0.15) is 19.0 Å². The van der Waals surface area contributed by atoms with E-state index in [2.05, 4.69) is 0 Å². The Kier molecular flexibility index (Phi) is 5.46. The largest absolute Gasteiger partial charge is 0.493 e. The van der Waals surface area contributed by atoms with Crippen molar-refractivity contribution in [1.29, 1.82) is 0 Å². The Hall–Kier alpha value is -2.20. The Balaban J connectivity index is 1.91. The maximum absolute atomic E-state index is 5.77. The average Bonchev–Trinajstić information content (AvgIpc) is 2.51. The van der Waals surface area contributed by atoms with Gasteiger partial charge in [-0.25, -0.2) is 0 Å². The van der Waals surface area contributed by atoms with Crippen LogP contribution in [0.25, 0.3) is 0 Å². The normalized spacial score (nSPS) is 10.2. The summed E-state index contributed by atoms with van der Waals surface area (Å²) in [7, 11) is 1.62. The van der Waals surface area contributed by atoms with Gasteiger partial charge in [-0.3, -0.25) is 0 Å². The van der Waals surface area contributed by atoms with Crippen LogP contribution < -0.4 is 19.9 Å². The first-order chi connectivity index (χ1) is 10.2. The number of hydrogen-bond acceptors (Lipinski definition) is 4. The summed E-state index contributed by atoms with van der Waals surface area (Å²) in [5.74, 6) is 2.22. The number of nitrogens with two attached hydrogens (primary N) is 1. The first-order valence-corrected chi connectivity index (χ1v) is 6.93. The van der Waals surface area contributed by atoms with Crippen molar-refractivity contribution < 1.29 is 14.2 Å². The fourth-order valence-corrected chi connectivity index (χ4v) is 2.05. The number of aryl methyl sites for hydroxylation is 1. The second-order valence-electron chi connectivity index (χ2n) is 4.67. The van der Waals surface area contributed by atoms with Crippen LogP contribution in [0.15, 0.2) is 42.5 Å². The molecular formula is C17H21NO3. The average molecular weight is 287 g/mol. The van der Waals surface area contributed by atoms with Crippen LogP contribution in [0.5, 0.6) is 17.2 Å². The topological polar surface area (TPSA) is 53.7 Å². The zero-order valence-corrected chi connectivity index (χ0v) is 12.5. The van der Waals surface area contributed by atoms with Gasteiger partial charge in [-0.2, -0.15) is 0 Å². The summed E-state index contributed by atoms with van der Waals surface area (Å²) in [6.07, 6.45) is 0. The summed E-state index contributed by atoms with van der Waals surface area (Å²) in [6.45, 7) is 3.34. The van der Waals surface area contributed by atoms with E-state index in [9.17, 15) is 0 Å². The molecule has 21 heavy (non-hydrogen) atoms. The number of rotatable bonds is 7. The first kappa shape index (κ1) is 15.2. The van der Waals surface area contributed by atoms with Gasteiger partial charge >= 0.3 is 0 Å². The molecular weight excluding hydrogens is 266 g/mol. The van der Waals surface area contributed by atoms with E-state index >= 15 is 0 Å². The molecule has 0 unspecified atom stereocenters. The lowest BCUT2D eigenvalue weighted by atomic mass is 10.2. The van der Waals surface area contributed by atoms with Crippen molar-refractivity contribution in [3.63, 3.8) is 0 Å². The lowest BCUT2D eigenvalue weighted by Crippen LogP contribution is -2.11. The van der Waals surface area contributed by atoms with E-state index in [-0.39, 0.29) is 0 Å². The monoisotopic (exact) mass is 287 g/mol. The molecule has 0 aromatic heterocycles. The number of benzene rings is 2. The van der Waals surface area contributed by atoms with Gasteiger partial charge in [0.15, 0.2) is 11.5 Å². The van der Waals surface area contributed by atoms with Crippen LogP contribution in [-0.2, 0) is 6.54 Å². The molecule has 0 saturated heterocycles. The Morgan fingerprint density at radius 1 is 1.00 bits per heavy atom. The molecule has 2 aromatic carbocycles. The zero-order valence-electron chi connectivity index (χ0n) is 12.5. The third-order valence-corrected chi connectivity index (χ3v) is 3.09. The first-order valence-electron chi connectivity index (χ1n) is 6.93. The van der Waals surface area contributed by atoms with Crippen molar-refractivity contribution in [2.45, 2.75) is 13.5 Å². The summed E-state index contributed by atoms with van der Waals surface area (Å²) < 4.78 is 16.7. The van der Waals surface area contributed by atoms with Gasteiger partial charge in [0, 0.05) is 12.1 Å². The van der Waals surface area contributed by atoms with Crippen LogP contribution in [0.2, 0.25) is 0 Å². The number of methoxy groups -OCH3 is 1. The molecule has 2 N–H and O–H groups in total. The van der Waals surface area contributed by atoms with Crippen LogP contribution in [0.4, 0.5) is 0 Å². The van der Waals surface area contributed by atoms with E-state index < -0.39 is 0 Å².